The van der Waals surface area contributed by atoms with E-state index in [4.69, 9.17) is 13.8 Å². The van der Waals surface area contributed by atoms with E-state index in [1.807, 2.05) is 34.6 Å². The maximum absolute atomic E-state index is 14.9. The molecule has 16 nitrogen and oxygen atoms in total. The number of nitrogens with one attached hydrogen (secondary N) is 3. The molecule has 19 heteroatoms. The van der Waals surface area contributed by atoms with Crippen molar-refractivity contribution in [2.24, 2.45) is 0 Å². The van der Waals surface area contributed by atoms with E-state index in [2.05, 4.69) is 26.0 Å². The van der Waals surface area contributed by atoms with E-state index in [0.29, 0.717) is 22.8 Å². The van der Waals surface area contributed by atoms with Crippen molar-refractivity contribution in [1.82, 2.24) is 20.1 Å². The van der Waals surface area contributed by atoms with Gasteiger partial charge in [0.25, 0.3) is 26.1 Å². The molecule has 4 aromatic carbocycles. The number of carbonyl (C=O) groups excluding carboxylic acids is 2. The van der Waals surface area contributed by atoms with Crippen molar-refractivity contribution in [3.05, 3.63) is 149 Å². The molecule has 0 unspecified atom stereocenters. The minimum absolute atomic E-state index is 0.0648. The molecule has 3 amide bonds. The molecule has 0 aliphatic heterocycles. The Kier molecular flexibility index (Phi) is 15.6. The summed E-state index contributed by atoms with van der Waals surface area (Å²) in [5.74, 6) is -0.256. The number of aromatic nitrogens is 3. The van der Waals surface area contributed by atoms with E-state index in [-0.39, 0.29) is 44.9 Å². The molecule has 0 atom stereocenters. The van der Waals surface area contributed by atoms with Gasteiger partial charge in [-0.1, -0.05) is 68.3 Å². The van der Waals surface area contributed by atoms with Gasteiger partial charge in [-0.2, -0.15) is 21.9 Å². The maximum atomic E-state index is 14.9. The van der Waals surface area contributed by atoms with Crippen LogP contribution in [0.5, 0.6) is 11.5 Å². The number of halogens is 1. The van der Waals surface area contributed by atoms with Crippen LogP contribution in [0, 0.1) is 19.7 Å². The van der Waals surface area contributed by atoms with Crippen LogP contribution in [0.25, 0.3) is 5.69 Å². The molecule has 0 saturated carbocycles. The number of benzene rings is 4. The Morgan fingerprint density at radius 1 is 0.770 bits per heavy atom. The zero-order valence-corrected chi connectivity index (χ0v) is 35.5. The van der Waals surface area contributed by atoms with Gasteiger partial charge in [0.05, 0.1) is 33.5 Å². The van der Waals surface area contributed by atoms with Crippen LogP contribution in [0.15, 0.2) is 125 Å². The zero-order chi connectivity index (χ0) is 45.1. The lowest BCUT2D eigenvalue weighted by atomic mass is 9.92. The molecule has 0 fully saturated rings. The van der Waals surface area contributed by atoms with E-state index >= 15 is 0 Å². The predicted octanol–water partition coefficient (Wildman–Crippen LogP) is 7.48. The van der Waals surface area contributed by atoms with Crippen LogP contribution in [-0.2, 0) is 32.3 Å². The van der Waals surface area contributed by atoms with Crippen LogP contribution in [0.3, 0.4) is 0 Å². The van der Waals surface area contributed by atoms with E-state index < -0.39 is 32.1 Å². The minimum Gasteiger partial charge on any atom is -0.457 e. The van der Waals surface area contributed by atoms with E-state index in [9.17, 15) is 35.9 Å². The monoisotopic (exact) mass is 876 g/mol. The molecule has 0 saturated heterocycles. The molecule has 322 valence electrons. The lowest BCUT2D eigenvalue weighted by Gasteiger charge is -2.14. The van der Waals surface area contributed by atoms with Crippen molar-refractivity contribution < 1.29 is 49.8 Å². The Labute approximate surface area is 353 Å². The average Bonchev–Trinajstić information content (AvgIpc) is 3.63. The second-order valence-electron chi connectivity index (χ2n) is 14.3. The first kappa shape index (κ1) is 47.2. The van der Waals surface area contributed by atoms with Gasteiger partial charge in [-0.15, -0.1) is 0 Å². The number of aryl methyl sites for hydroxylation is 2. The molecule has 0 aliphatic rings. The standard InChI is InChI=1S/C28H29FN6O4.2C7H8O3S/c1-28(2,3)24-15-25(35(34-24)18-7-5-6-17(12-18)16-36)33-27(38)32-22-9-8-19(13-21(22)29)39-20-10-11-31-23(14-20)26(37)30-4;2*1-6-2-4-7(5-3-6)11(8,9)10/h5-15,36H,16H2,1-4H3,(H,30,37)(H2,32,33,38);2*2-5H,1H3,(H,8,9,10). The van der Waals surface area contributed by atoms with Crippen LogP contribution in [0.2, 0.25) is 0 Å². The molecule has 2 heterocycles. The molecular weight excluding hydrogens is 832 g/mol. The SMILES string of the molecule is CNC(=O)c1cc(Oc2ccc(NC(=O)Nc3cc(C(C)(C)C)nn3-c3cccc(CO)c3)c(F)c2)ccn1.Cc1ccc(S(=O)(=O)O)cc1.Cc1ccc(S(=O)(=O)O)cc1. The van der Waals surface area contributed by atoms with Crippen molar-refractivity contribution in [3.63, 3.8) is 0 Å². The Morgan fingerprint density at radius 2 is 1.34 bits per heavy atom. The van der Waals surface area contributed by atoms with Crippen molar-refractivity contribution in [3.8, 4) is 17.2 Å². The highest BCUT2D eigenvalue weighted by molar-refractivity contribution is 7.86. The summed E-state index contributed by atoms with van der Waals surface area (Å²) in [7, 11) is -6.55. The number of aliphatic hydroxyl groups is 1. The number of rotatable bonds is 9. The smallest absolute Gasteiger partial charge is 0.324 e. The van der Waals surface area contributed by atoms with Crippen molar-refractivity contribution >= 4 is 43.7 Å². The quantitative estimate of drug-likeness (QED) is 0.0776. The second-order valence-corrected chi connectivity index (χ2v) is 17.1. The number of ether oxygens (including phenoxy) is 1. The maximum Gasteiger partial charge on any atom is 0.324 e. The first-order valence-electron chi connectivity index (χ1n) is 18.2. The normalized spacial score (nSPS) is 11.2. The fourth-order valence-electron chi connectivity index (χ4n) is 5.03. The Bertz CT molecular complexity index is 2630. The third kappa shape index (κ3) is 14.0. The topological polar surface area (TPSA) is 239 Å². The second kappa shape index (κ2) is 20.2. The fourth-order valence-corrected chi connectivity index (χ4v) is 5.99. The Balaban J connectivity index is 0.000000301. The van der Waals surface area contributed by atoms with Crippen molar-refractivity contribution in [1.29, 1.82) is 0 Å². The number of amides is 3. The lowest BCUT2D eigenvalue weighted by molar-refractivity contribution is 0.0957. The number of anilines is 2. The minimum atomic E-state index is -4.02. The lowest BCUT2D eigenvalue weighted by Crippen LogP contribution is -2.22. The first-order valence-corrected chi connectivity index (χ1v) is 21.1. The van der Waals surface area contributed by atoms with Crippen LogP contribution in [-0.4, -0.2) is 64.8 Å². The fraction of sp³-hybridized carbons (Fsp3) is 0.190. The first-order chi connectivity index (χ1) is 28.6. The molecule has 61 heavy (non-hydrogen) atoms. The van der Waals surface area contributed by atoms with Crippen molar-refractivity contribution in [2.45, 2.75) is 56.4 Å². The van der Waals surface area contributed by atoms with Gasteiger partial charge >= 0.3 is 6.03 Å². The summed E-state index contributed by atoms with van der Waals surface area (Å²) in [4.78, 5) is 28.5. The summed E-state index contributed by atoms with van der Waals surface area (Å²) in [6, 6.07) is 27.1. The largest absolute Gasteiger partial charge is 0.457 e. The molecular formula is C42H45FN6O10S2. The summed E-state index contributed by atoms with van der Waals surface area (Å²) in [6.45, 7) is 9.54. The van der Waals surface area contributed by atoms with E-state index in [1.165, 1.54) is 61.8 Å². The number of carbonyl (C=O) groups is 2. The number of urea groups is 1. The summed E-state index contributed by atoms with van der Waals surface area (Å²) in [6.07, 6.45) is 1.41. The molecule has 2 aromatic heterocycles. The molecule has 0 radical (unpaired) electrons. The van der Waals surface area contributed by atoms with E-state index in [0.717, 1.165) is 22.9 Å². The van der Waals surface area contributed by atoms with Gasteiger partial charge in [0, 0.05) is 36.9 Å². The number of nitrogens with zero attached hydrogens (tertiary/aromatic N) is 3. The number of pyridine rings is 1. The molecule has 6 rings (SSSR count). The molecule has 0 spiro atoms. The molecule has 0 bridgehead atoms. The predicted molar refractivity (Wildman–Crippen MR) is 227 cm³/mol. The van der Waals surface area contributed by atoms with Gasteiger partial charge in [-0.25, -0.2) is 13.9 Å². The van der Waals surface area contributed by atoms with Crippen molar-refractivity contribution in [2.75, 3.05) is 17.7 Å². The van der Waals surface area contributed by atoms with Crippen LogP contribution in [0.4, 0.5) is 20.7 Å². The van der Waals surface area contributed by atoms with Gasteiger partial charge in [0.1, 0.15) is 28.8 Å². The molecule has 0 aliphatic carbocycles. The summed E-state index contributed by atoms with van der Waals surface area (Å²) in [5.41, 5.74) is 3.77. The highest BCUT2D eigenvalue weighted by Crippen LogP contribution is 2.28. The third-order valence-electron chi connectivity index (χ3n) is 8.31. The highest BCUT2D eigenvalue weighted by atomic mass is 32.2. The van der Waals surface area contributed by atoms with Gasteiger partial charge < -0.3 is 20.5 Å². The Hall–Kier alpha value is -6.51. The third-order valence-corrected chi connectivity index (χ3v) is 10.0. The van der Waals surface area contributed by atoms with Crippen LogP contribution < -0.4 is 20.7 Å². The highest BCUT2D eigenvalue weighted by Gasteiger charge is 2.22. The van der Waals surface area contributed by atoms with Crippen LogP contribution in [0.1, 0.15) is 53.6 Å². The van der Waals surface area contributed by atoms with Crippen LogP contribution >= 0.6 is 0 Å². The summed E-state index contributed by atoms with van der Waals surface area (Å²) < 4.78 is 81.2. The van der Waals surface area contributed by atoms with Gasteiger partial charge in [-0.3, -0.25) is 24.2 Å². The Morgan fingerprint density at radius 3 is 1.85 bits per heavy atom. The van der Waals surface area contributed by atoms with Gasteiger partial charge in [-0.05, 0) is 74.0 Å². The summed E-state index contributed by atoms with van der Waals surface area (Å²) in [5, 5.41) is 21.9. The molecule has 6 N–H and O–H groups in total. The number of hydrogen-bond acceptors (Lipinski definition) is 10. The zero-order valence-electron chi connectivity index (χ0n) is 33.9. The van der Waals surface area contributed by atoms with Gasteiger partial charge in [0.2, 0.25) is 0 Å². The summed E-state index contributed by atoms with van der Waals surface area (Å²) >= 11 is 0. The number of aliphatic hydroxyl groups excluding tert-OH is 1. The van der Waals surface area contributed by atoms with Gasteiger partial charge in [0.15, 0.2) is 0 Å². The molecule has 6 aromatic rings. The number of hydrogen-bond donors (Lipinski definition) is 6. The van der Waals surface area contributed by atoms with E-state index in [1.54, 1.807) is 59.3 Å². The average molecular weight is 877 g/mol.